The number of hydrogen-bond acceptors (Lipinski definition) is 4. The molecule has 6 heteroatoms. The number of aromatic nitrogens is 2. The maximum atomic E-state index is 12.0. The lowest BCUT2D eigenvalue weighted by molar-refractivity contribution is -0.126. The Bertz CT molecular complexity index is 641. The number of benzene rings is 1. The zero-order valence-corrected chi connectivity index (χ0v) is 9.81. The Hall–Kier alpha value is -2.76. The van der Waals surface area contributed by atoms with E-state index in [2.05, 4.69) is 4.98 Å². The first kappa shape index (κ1) is 11.3. The highest BCUT2D eigenvalue weighted by atomic mass is 16.2. The van der Waals surface area contributed by atoms with Crippen LogP contribution in [0.1, 0.15) is 20.7 Å². The third-order valence-corrected chi connectivity index (χ3v) is 2.92. The van der Waals surface area contributed by atoms with Gasteiger partial charge in [-0.15, -0.1) is 0 Å². The smallest absolute Gasteiger partial charge is 0.268 e. The molecule has 3 amide bonds. The van der Waals surface area contributed by atoms with Crippen molar-refractivity contribution >= 4 is 17.7 Å². The predicted molar refractivity (Wildman–Crippen MR) is 64.2 cm³/mol. The summed E-state index contributed by atoms with van der Waals surface area (Å²) < 4.78 is 1.51. The second-order valence-electron chi connectivity index (χ2n) is 4.12. The number of imide groups is 3. The SMILES string of the molecule is O=C(Cn1ccnc1)N1C(=O)c2ccccc2C1=O. The van der Waals surface area contributed by atoms with Crippen LogP contribution in [-0.4, -0.2) is 32.2 Å². The van der Waals surface area contributed by atoms with E-state index in [0.29, 0.717) is 4.90 Å². The number of carbonyl (C=O) groups is 3. The predicted octanol–water partition coefficient (Wildman–Crippen LogP) is 0.706. The molecule has 0 saturated heterocycles. The molecule has 0 fully saturated rings. The molecule has 1 aliphatic rings. The molecule has 1 aromatic carbocycles. The Morgan fingerprint density at radius 3 is 2.26 bits per heavy atom. The molecule has 3 rings (SSSR count). The van der Waals surface area contributed by atoms with Crippen LogP contribution in [0.5, 0.6) is 0 Å². The van der Waals surface area contributed by atoms with Gasteiger partial charge in [-0.05, 0) is 12.1 Å². The van der Waals surface area contributed by atoms with Crippen LogP contribution in [-0.2, 0) is 11.3 Å². The van der Waals surface area contributed by atoms with Crippen LogP contribution in [0, 0.1) is 0 Å². The quantitative estimate of drug-likeness (QED) is 0.741. The van der Waals surface area contributed by atoms with Gasteiger partial charge < -0.3 is 4.57 Å². The Kier molecular flexibility index (Phi) is 2.49. The van der Waals surface area contributed by atoms with Crippen molar-refractivity contribution in [1.82, 2.24) is 14.5 Å². The van der Waals surface area contributed by atoms with Gasteiger partial charge in [0, 0.05) is 12.4 Å². The first-order valence-electron chi connectivity index (χ1n) is 5.65. The van der Waals surface area contributed by atoms with Gasteiger partial charge in [-0.2, -0.15) is 0 Å². The molecule has 0 N–H and O–H groups in total. The van der Waals surface area contributed by atoms with Crippen molar-refractivity contribution in [3.8, 4) is 0 Å². The van der Waals surface area contributed by atoms with Crippen LogP contribution in [0.3, 0.4) is 0 Å². The van der Waals surface area contributed by atoms with Crippen LogP contribution in [0.15, 0.2) is 43.0 Å². The molecule has 19 heavy (non-hydrogen) atoms. The Labute approximate surface area is 108 Å². The minimum atomic E-state index is -0.566. The summed E-state index contributed by atoms with van der Waals surface area (Å²) in [7, 11) is 0. The summed E-state index contributed by atoms with van der Waals surface area (Å²) in [5, 5.41) is 0. The third-order valence-electron chi connectivity index (χ3n) is 2.92. The van der Waals surface area contributed by atoms with E-state index in [1.54, 1.807) is 30.5 Å². The lowest BCUT2D eigenvalue weighted by atomic mass is 10.1. The summed E-state index contributed by atoms with van der Waals surface area (Å²) in [6.07, 6.45) is 4.57. The van der Waals surface area contributed by atoms with E-state index >= 15 is 0 Å². The minimum absolute atomic E-state index is 0.0918. The maximum Gasteiger partial charge on any atom is 0.268 e. The lowest BCUT2D eigenvalue weighted by Crippen LogP contribution is -2.38. The molecule has 0 unspecified atom stereocenters. The Balaban J connectivity index is 1.90. The second kappa shape index (κ2) is 4.16. The molecule has 0 radical (unpaired) electrons. The highest BCUT2D eigenvalue weighted by Crippen LogP contribution is 2.22. The Morgan fingerprint density at radius 1 is 1.11 bits per heavy atom. The fourth-order valence-electron chi connectivity index (χ4n) is 2.02. The summed E-state index contributed by atoms with van der Waals surface area (Å²) in [5.41, 5.74) is 0.540. The van der Waals surface area contributed by atoms with Gasteiger partial charge in [0.25, 0.3) is 17.7 Å². The van der Waals surface area contributed by atoms with Crippen molar-refractivity contribution in [2.24, 2.45) is 0 Å². The van der Waals surface area contributed by atoms with Crippen LogP contribution >= 0.6 is 0 Å². The van der Waals surface area contributed by atoms with Crippen LogP contribution in [0.4, 0.5) is 0 Å². The van der Waals surface area contributed by atoms with E-state index in [1.165, 1.54) is 17.1 Å². The largest absolute Gasteiger partial charge is 0.328 e. The zero-order chi connectivity index (χ0) is 13.4. The topological polar surface area (TPSA) is 72.3 Å². The van der Waals surface area contributed by atoms with Gasteiger partial charge in [0.1, 0.15) is 6.54 Å². The fraction of sp³-hybridized carbons (Fsp3) is 0.0769. The number of imidazole rings is 1. The molecule has 1 aliphatic heterocycles. The molecule has 0 spiro atoms. The van der Waals surface area contributed by atoms with Gasteiger partial charge in [-0.1, -0.05) is 12.1 Å². The van der Waals surface area contributed by atoms with Crippen LogP contribution < -0.4 is 0 Å². The van der Waals surface area contributed by atoms with Crippen LogP contribution in [0.2, 0.25) is 0 Å². The van der Waals surface area contributed by atoms with Gasteiger partial charge >= 0.3 is 0 Å². The van der Waals surface area contributed by atoms with Crippen molar-refractivity contribution in [2.45, 2.75) is 6.54 Å². The monoisotopic (exact) mass is 255 g/mol. The van der Waals surface area contributed by atoms with Gasteiger partial charge in [-0.25, -0.2) is 9.88 Å². The number of fused-ring (bicyclic) bond motifs is 1. The van der Waals surface area contributed by atoms with Crippen molar-refractivity contribution in [3.05, 3.63) is 54.1 Å². The Morgan fingerprint density at radius 2 is 1.74 bits per heavy atom. The molecular formula is C13H9N3O3. The number of rotatable bonds is 2. The standard InChI is InChI=1S/C13H9N3O3/c17-11(7-15-6-5-14-8-15)16-12(18)9-3-1-2-4-10(9)13(16)19/h1-6,8H,7H2. The van der Waals surface area contributed by atoms with E-state index in [9.17, 15) is 14.4 Å². The van der Waals surface area contributed by atoms with E-state index in [1.807, 2.05) is 0 Å². The molecule has 0 saturated carbocycles. The highest BCUT2D eigenvalue weighted by molar-refractivity contribution is 6.28. The molecule has 2 aromatic rings. The second-order valence-corrected chi connectivity index (χ2v) is 4.12. The average molecular weight is 255 g/mol. The summed E-state index contributed by atoms with van der Waals surface area (Å²) in [6, 6.07) is 6.40. The number of amides is 3. The molecule has 2 heterocycles. The molecule has 94 valence electrons. The van der Waals surface area contributed by atoms with Gasteiger partial charge in [-0.3, -0.25) is 14.4 Å². The number of hydrogen-bond donors (Lipinski definition) is 0. The summed E-state index contributed by atoms with van der Waals surface area (Å²) in [6.45, 7) is -0.0918. The first-order valence-corrected chi connectivity index (χ1v) is 5.65. The van der Waals surface area contributed by atoms with Crippen molar-refractivity contribution < 1.29 is 14.4 Å². The van der Waals surface area contributed by atoms with Gasteiger partial charge in [0.05, 0.1) is 17.5 Å². The molecule has 1 aromatic heterocycles. The van der Waals surface area contributed by atoms with Gasteiger partial charge in [0.2, 0.25) is 0 Å². The van der Waals surface area contributed by atoms with Crippen molar-refractivity contribution in [1.29, 1.82) is 0 Å². The molecule has 0 atom stereocenters. The van der Waals surface area contributed by atoms with E-state index in [-0.39, 0.29) is 17.7 Å². The minimum Gasteiger partial charge on any atom is -0.328 e. The van der Waals surface area contributed by atoms with E-state index in [0.717, 1.165) is 0 Å². The normalized spacial score (nSPS) is 13.8. The number of carbonyl (C=O) groups excluding carboxylic acids is 3. The highest BCUT2D eigenvalue weighted by Gasteiger charge is 2.39. The summed E-state index contributed by atoms with van der Waals surface area (Å²) in [4.78, 5) is 40.6. The van der Waals surface area contributed by atoms with Crippen LogP contribution in [0.25, 0.3) is 0 Å². The van der Waals surface area contributed by atoms with E-state index < -0.39 is 17.7 Å². The average Bonchev–Trinajstić information content (AvgIpc) is 2.99. The summed E-state index contributed by atoms with van der Waals surface area (Å²) >= 11 is 0. The molecule has 0 bridgehead atoms. The molecule has 0 aliphatic carbocycles. The fourth-order valence-corrected chi connectivity index (χ4v) is 2.02. The number of nitrogens with zero attached hydrogens (tertiary/aromatic N) is 3. The first-order chi connectivity index (χ1) is 9.18. The lowest BCUT2D eigenvalue weighted by Gasteiger charge is -2.11. The summed E-state index contributed by atoms with van der Waals surface area (Å²) in [5.74, 6) is -1.69. The van der Waals surface area contributed by atoms with E-state index in [4.69, 9.17) is 0 Å². The van der Waals surface area contributed by atoms with Crippen molar-refractivity contribution in [2.75, 3.05) is 0 Å². The molecule has 6 nitrogen and oxygen atoms in total. The van der Waals surface area contributed by atoms with Gasteiger partial charge in [0.15, 0.2) is 0 Å². The maximum absolute atomic E-state index is 12.0. The zero-order valence-electron chi connectivity index (χ0n) is 9.81. The van der Waals surface area contributed by atoms with Crippen molar-refractivity contribution in [3.63, 3.8) is 0 Å². The molecular weight excluding hydrogens is 246 g/mol. The third kappa shape index (κ3) is 1.74.